The van der Waals surface area contributed by atoms with E-state index in [-0.39, 0.29) is 0 Å². The quantitative estimate of drug-likeness (QED) is 0.337. The first kappa shape index (κ1) is 24.1. The van der Waals surface area contributed by atoms with Crippen LogP contribution < -0.4 is 9.47 Å². The van der Waals surface area contributed by atoms with Crippen molar-refractivity contribution < 1.29 is 32.5 Å². The average molecular weight is 484 g/mol. The van der Waals surface area contributed by atoms with E-state index in [0.717, 1.165) is 28.6 Å². The fourth-order valence-corrected chi connectivity index (χ4v) is 3.38. The molecule has 0 aliphatic rings. The predicted octanol–water partition coefficient (Wildman–Crippen LogP) is 5.91. The SMILES string of the molecule is CC(C)(Oc1ccc(OCCc2ccc3cn(-c4ccc(C(F)(F)F)cc4)nc3c2)cc1)C(=O)O. The van der Waals surface area contributed by atoms with Gasteiger partial charge in [-0.2, -0.15) is 18.3 Å². The van der Waals surface area contributed by atoms with Crippen LogP contribution in [0.25, 0.3) is 16.6 Å². The number of aromatic nitrogens is 2. The molecule has 0 amide bonds. The maximum Gasteiger partial charge on any atom is 0.416 e. The van der Waals surface area contributed by atoms with Gasteiger partial charge in [0.2, 0.25) is 0 Å². The second kappa shape index (κ2) is 9.32. The highest BCUT2D eigenvalue weighted by Gasteiger charge is 2.30. The first-order valence-electron chi connectivity index (χ1n) is 10.8. The number of benzene rings is 3. The monoisotopic (exact) mass is 484 g/mol. The zero-order valence-electron chi connectivity index (χ0n) is 19.0. The van der Waals surface area contributed by atoms with E-state index < -0.39 is 23.3 Å². The van der Waals surface area contributed by atoms with Crippen LogP contribution >= 0.6 is 0 Å². The number of carbonyl (C=O) groups is 1. The van der Waals surface area contributed by atoms with Gasteiger partial charge in [-0.25, -0.2) is 9.48 Å². The summed E-state index contributed by atoms with van der Waals surface area (Å²) in [6.07, 6.45) is -1.99. The maximum atomic E-state index is 12.8. The van der Waals surface area contributed by atoms with E-state index in [0.29, 0.717) is 30.2 Å². The van der Waals surface area contributed by atoms with Crippen molar-refractivity contribution in [2.24, 2.45) is 0 Å². The minimum absolute atomic E-state index is 0.409. The van der Waals surface area contributed by atoms with Crippen LogP contribution in [0.1, 0.15) is 25.0 Å². The van der Waals surface area contributed by atoms with E-state index in [1.807, 2.05) is 18.2 Å². The summed E-state index contributed by atoms with van der Waals surface area (Å²) in [6.45, 7) is 3.36. The van der Waals surface area contributed by atoms with Crippen LogP contribution in [0.15, 0.2) is 72.9 Å². The minimum Gasteiger partial charge on any atom is -0.493 e. The van der Waals surface area contributed by atoms with Crippen molar-refractivity contribution in [1.29, 1.82) is 0 Å². The molecule has 9 heteroatoms. The Hall–Kier alpha value is -4.01. The molecule has 4 rings (SSSR count). The lowest BCUT2D eigenvalue weighted by Gasteiger charge is -2.21. The Bertz CT molecular complexity index is 1330. The van der Waals surface area contributed by atoms with Crippen molar-refractivity contribution in [3.8, 4) is 17.2 Å². The molecule has 6 nitrogen and oxygen atoms in total. The fraction of sp³-hybridized carbons (Fsp3) is 0.231. The minimum atomic E-state index is -4.38. The highest BCUT2D eigenvalue weighted by atomic mass is 19.4. The van der Waals surface area contributed by atoms with Crippen molar-refractivity contribution in [3.05, 3.63) is 84.1 Å². The molecule has 0 saturated heterocycles. The van der Waals surface area contributed by atoms with E-state index in [2.05, 4.69) is 5.10 Å². The summed E-state index contributed by atoms with van der Waals surface area (Å²) < 4.78 is 51.2. The molecule has 3 aromatic carbocycles. The van der Waals surface area contributed by atoms with Crippen LogP contribution in [0.3, 0.4) is 0 Å². The fourth-order valence-electron chi connectivity index (χ4n) is 3.38. The second-order valence-corrected chi connectivity index (χ2v) is 8.50. The Kier molecular flexibility index (Phi) is 6.43. The highest BCUT2D eigenvalue weighted by Crippen LogP contribution is 2.30. The van der Waals surface area contributed by atoms with Crippen molar-refractivity contribution in [2.45, 2.75) is 32.0 Å². The maximum absolute atomic E-state index is 12.8. The van der Waals surface area contributed by atoms with Gasteiger partial charge in [0, 0.05) is 18.0 Å². The molecule has 0 aliphatic carbocycles. The largest absolute Gasteiger partial charge is 0.493 e. The van der Waals surface area contributed by atoms with E-state index in [1.54, 1.807) is 35.1 Å². The molecule has 182 valence electrons. The summed E-state index contributed by atoms with van der Waals surface area (Å²) in [4.78, 5) is 11.2. The van der Waals surface area contributed by atoms with Gasteiger partial charge in [-0.3, -0.25) is 0 Å². The normalized spacial score (nSPS) is 12.0. The lowest BCUT2D eigenvalue weighted by atomic mass is 10.1. The number of aliphatic carboxylic acids is 1. The third kappa shape index (κ3) is 5.74. The van der Waals surface area contributed by atoms with Gasteiger partial charge >= 0.3 is 12.1 Å². The van der Waals surface area contributed by atoms with Crippen LogP contribution in [0.2, 0.25) is 0 Å². The number of carboxylic acid groups (broad SMARTS) is 1. The van der Waals surface area contributed by atoms with Crippen LogP contribution in [0.5, 0.6) is 11.5 Å². The summed E-state index contributed by atoms with van der Waals surface area (Å²) >= 11 is 0. The lowest BCUT2D eigenvalue weighted by molar-refractivity contribution is -0.152. The first-order chi connectivity index (χ1) is 16.5. The highest BCUT2D eigenvalue weighted by molar-refractivity contribution is 5.79. The number of hydrogen-bond acceptors (Lipinski definition) is 4. The number of carboxylic acids is 1. The molecule has 0 radical (unpaired) electrons. The van der Waals surface area contributed by atoms with E-state index >= 15 is 0 Å². The molecule has 4 aromatic rings. The summed E-state index contributed by atoms with van der Waals surface area (Å²) in [5.41, 5.74) is 0.230. The number of fused-ring (bicyclic) bond motifs is 1. The van der Waals surface area contributed by atoms with Crippen LogP contribution in [-0.2, 0) is 17.4 Å². The molecular formula is C26H23F3N2O4. The number of nitrogens with zero attached hydrogens (tertiary/aromatic N) is 2. The van der Waals surface area contributed by atoms with Gasteiger partial charge in [-0.05, 0) is 74.0 Å². The Balaban J connectivity index is 1.37. The number of rotatable bonds is 8. The Morgan fingerprint density at radius 2 is 1.63 bits per heavy atom. The Labute approximate surface area is 199 Å². The van der Waals surface area contributed by atoms with E-state index in [1.165, 1.54) is 26.0 Å². The van der Waals surface area contributed by atoms with Crippen LogP contribution in [-0.4, -0.2) is 33.1 Å². The molecule has 1 aromatic heterocycles. The molecule has 0 bridgehead atoms. The Morgan fingerprint density at radius 1 is 0.971 bits per heavy atom. The van der Waals surface area contributed by atoms with Crippen LogP contribution in [0.4, 0.5) is 13.2 Å². The summed E-state index contributed by atoms with van der Waals surface area (Å²) in [5, 5.41) is 14.5. The molecule has 0 aliphatic heterocycles. The number of halogens is 3. The molecule has 0 fully saturated rings. The smallest absolute Gasteiger partial charge is 0.416 e. The van der Waals surface area contributed by atoms with Gasteiger partial charge in [0.25, 0.3) is 0 Å². The average Bonchev–Trinajstić information content (AvgIpc) is 3.23. The molecular weight excluding hydrogens is 461 g/mol. The molecule has 1 N–H and O–H groups in total. The topological polar surface area (TPSA) is 73.6 Å². The lowest BCUT2D eigenvalue weighted by Crippen LogP contribution is -2.37. The van der Waals surface area contributed by atoms with Gasteiger partial charge in [0.15, 0.2) is 5.60 Å². The molecule has 0 saturated carbocycles. The molecule has 0 spiro atoms. The number of ether oxygens (including phenoxy) is 2. The standard InChI is InChI=1S/C26H23F3N2O4/c1-25(2,24(32)33)35-22-11-9-21(10-12-22)34-14-13-17-3-4-18-16-31(30-23(18)15-17)20-7-5-19(6-8-20)26(27,28)29/h3-12,15-16H,13-14H2,1-2H3,(H,32,33). The van der Waals surface area contributed by atoms with Crippen LogP contribution in [0, 0.1) is 0 Å². The zero-order valence-corrected chi connectivity index (χ0v) is 19.0. The van der Waals surface area contributed by atoms with Gasteiger partial charge < -0.3 is 14.6 Å². The van der Waals surface area contributed by atoms with Gasteiger partial charge in [-0.1, -0.05) is 12.1 Å². The number of alkyl halides is 3. The predicted molar refractivity (Wildman–Crippen MR) is 124 cm³/mol. The van der Waals surface area contributed by atoms with Gasteiger partial charge in [-0.15, -0.1) is 0 Å². The summed E-state index contributed by atoms with van der Waals surface area (Å²) in [6, 6.07) is 17.4. The van der Waals surface area contributed by atoms with E-state index in [4.69, 9.17) is 14.6 Å². The number of hydrogen-bond donors (Lipinski definition) is 1. The first-order valence-corrected chi connectivity index (χ1v) is 10.8. The van der Waals surface area contributed by atoms with Crippen molar-refractivity contribution >= 4 is 16.9 Å². The Morgan fingerprint density at radius 3 is 2.26 bits per heavy atom. The molecule has 0 unspecified atom stereocenters. The van der Waals surface area contributed by atoms with Gasteiger partial charge in [0.05, 0.1) is 23.4 Å². The van der Waals surface area contributed by atoms with Crippen molar-refractivity contribution in [1.82, 2.24) is 9.78 Å². The molecule has 35 heavy (non-hydrogen) atoms. The van der Waals surface area contributed by atoms with E-state index in [9.17, 15) is 18.0 Å². The summed E-state index contributed by atoms with van der Waals surface area (Å²) in [7, 11) is 0. The zero-order chi connectivity index (χ0) is 25.2. The van der Waals surface area contributed by atoms with Gasteiger partial charge in [0.1, 0.15) is 11.5 Å². The second-order valence-electron chi connectivity index (χ2n) is 8.50. The van der Waals surface area contributed by atoms with Crippen molar-refractivity contribution in [2.75, 3.05) is 6.61 Å². The molecule has 1 heterocycles. The summed E-state index contributed by atoms with van der Waals surface area (Å²) in [5.74, 6) is -0.00374. The third-order valence-electron chi connectivity index (χ3n) is 5.40. The third-order valence-corrected chi connectivity index (χ3v) is 5.40. The molecule has 0 atom stereocenters. The van der Waals surface area contributed by atoms with Crippen molar-refractivity contribution in [3.63, 3.8) is 0 Å².